The Morgan fingerprint density at radius 2 is 1.36 bits per heavy atom. The lowest BCUT2D eigenvalue weighted by atomic mass is 9.88. The summed E-state index contributed by atoms with van der Waals surface area (Å²) in [6, 6.07) is 35.6. The van der Waals surface area contributed by atoms with E-state index in [2.05, 4.69) is 111 Å². The predicted molar refractivity (Wildman–Crippen MR) is 222 cm³/mol. The zero-order chi connectivity index (χ0) is 36.0. The van der Waals surface area contributed by atoms with E-state index in [-0.39, 0.29) is 0 Å². The number of benzene rings is 6. The van der Waals surface area contributed by atoms with Gasteiger partial charge in [0.05, 0.1) is 11.4 Å². The topological polar surface area (TPSA) is 15.3 Å². The largest absolute Gasteiger partial charge is 0.384 e. The summed E-state index contributed by atoms with van der Waals surface area (Å²) in [7, 11) is 0. The quantitative estimate of drug-likeness (QED) is 0.122. The van der Waals surface area contributed by atoms with Crippen LogP contribution in [-0.4, -0.2) is 6.54 Å². The van der Waals surface area contributed by atoms with Gasteiger partial charge in [0, 0.05) is 23.3 Å². The fourth-order valence-electron chi connectivity index (χ4n) is 6.61. The highest BCUT2D eigenvalue weighted by Crippen LogP contribution is 2.44. The summed E-state index contributed by atoms with van der Waals surface area (Å²) in [5, 5.41) is 10.3. The van der Waals surface area contributed by atoms with Crippen LogP contribution in [0.3, 0.4) is 0 Å². The molecular weight excluding hydrogens is 612 g/mol. The van der Waals surface area contributed by atoms with Gasteiger partial charge in [-0.05, 0) is 92.9 Å². The van der Waals surface area contributed by atoms with Crippen molar-refractivity contribution in [3.63, 3.8) is 0 Å². The lowest BCUT2D eigenvalue weighted by Gasteiger charge is -2.28. The van der Waals surface area contributed by atoms with Crippen molar-refractivity contribution in [1.29, 1.82) is 0 Å². The summed E-state index contributed by atoms with van der Waals surface area (Å²) in [5.74, 6) is -0.425. The minimum absolute atomic E-state index is 0.357. The highest BCUT2D eigenvalue weighted by Gasteiger charge is 2.21. The van der Waals surface area contributed by atoms with Crippen LogP contribution < -0.4 is 10.2 Å². The SMILES string of the molecule is C=C/C=C(\CCC)c1ccc2ccc3c(N(/C(C=C)=C(\F)C=C)c4ccccc4)ccc4ccc1c2c43.CC.CC.c1ccc2c(c1)CCN2. The molecule has 0 radical (unpaired) electrons. The Hall–Kier alpha value is -5.41. The third-order valence-corrected chi connectivity index (χ3v) is 8.67. The third-order valence-electron chi connectivity index (χ3n) is 8.67. The molecule has 1 aliphatic heterocycles. The van der Waals surface area contributed by atoms with Crippen molar-refractivity contribution in [2.24, 2.45) is 0 Å². The fourth-order valence-corrected chi connectivity index (χ4v) is 6.61. The van der Waals surface area contributed by atoms with Crippen molar-refractivity contribution >= 4 is 55.0 Å². The van der Waals surface area contributed by atoms with E-state index in [0.717, 1.165) is 41.5 Å². The number of rotatable bonds is 9. The Balaban J connectivity index is 0.000000365. The number of allylic oxidation sites excluding steroid dienone is 6. The van der Waals surface area contributed by atoms with Gasteiger partial charge < -0.3 is 10.2 Å². The molecular formula is C47H51FN2. The first-order valence-electron chi connectivity index (χ1n) is 17.9. The molecule has 256 valence electrons. The minimum atomic E-state index is -0.425. The van der Waals surface area contributed by atoms with Gasteiger partial charge in [-0.15, -0.1) is 0 Å². The molecule has 0 saturated carbocycles. The van der Waals surface area contributed by atoms with Crippen molar-refractivity contribution in [1.82, 2.24) is 0 Å². The van der Waals surface area contributed by atoms with Crippen molar-refractivity contribution in [2.45, 2.75) is 53.9 Å². The number of halogens is 1. The highest BCUT2D eigenvalue weighted by atomic mass is 19.1. The second-order valence-corrected chi connectivity index (χ2v) is 11.4. The van der Waals surface area contributed by atoms with Gasteiger partial charge in [0.25, 0.3) is 0 Å². The summed E-state index contributed by atoms with van der Waals surface area (Å²) >= 11 is 0. The van der Waals surface area contributed by atoms with E-state index in [9.17, 15) is 0 Å². The molecule has 1 heterocycles. The Morgan fingerprint density at radius 1 is 0.740 bits per heavy atom. The van der Waals surface area contributed by atoms with Gasteiger partial charge in [-0.2, -0.15) is 0 Å². The number of fused-ring (bicyclic) bond motifs is 1. The summed E-state index contributed by atoms with van der Waals surface area (Å²) in [6.07, 6.45) is 10.0. The number of anilines is 3. The van der Waals surface area contributed by atoms with Gasteiger partial charge >= 0.3 is 0 Å². The molecule has 0 bridgehead atoms. The van der Waals surface area contributed by atoms with E-state index in [4.69, 9.17) is 0 Å². The molecule has 0 spiro atoms. The van der Waals surface area contributed by atoms with Gasteiger partial charge in [0.2, 0.25) is 0 Å². The number of para-hydroxylation sites is 2. The Morgan fingerprint density at radius 3 is 2.00 bits per heavy atom. The standard InChI is InChI=1S/C35H30FN.C8H9N.2C2H6/c1-5-12-24(13-6-2)28-20-16-25-18-22-30-33(23-19-26-17-21-29(28)34(25)35(26)30)37(27-14-10-9-11-15-27)32(8-4)31(36)7-3;1-2-4-8-7(3-1)5-6-9-8;2*1-2/h5,7-12,14-23H,1,3-4,6,13H2,2H3;1-4,9H,5-6H2;2*1-2H3/b24-12+,32-31-;;;. The number of nitrogens with one attached hydrogen (secondary N) is 1. The van der Waals surface area contributed by atoms with Crippen LogP contribution in [0.5, 0.6) is 0 Å². The van der Waals surface area contributed by atoms with Crippen LogP contribution >= 0.6 is 0 Å². The first kappa shape index (κ1) is 37.4. The van der Waals surface area contributed by atoms with Crippen LogP contribution in [-0.2, 0) is 6.42 Å². The summed E-state index contributed by atoms with van der Waals surface area (Å²) < 4.78 is 15.1. The second-order valence-electron chi connectivity index (χ2n) is 11.4. The van der Waals surface area contributed by atoms with Gasteiger partial charge in [0.1, 0.15) is 5.83 Å². The van der Waals surface area contributed by atoms with Crippen molar-refractivity contribution in [2.75, 3.05) is 16.8 Å². The van der Waals surface area contributed by atoms with Crippen LogP contribution in [0.25, 0.3) is 37.9 Å². The van der Waals surface area contributed by atoms with Gasteiger partial charge in [0.15, 0.2) is 0 Å². The molecule has 0 saturated heterocycles. The Kier molecular flexibility index (Phi) is 13.8. The molecule has 0 aliphatic carbocycles. The molecule has 50 heavy (non-hydrogen) atoms. The molecule has 0 aromatic heterocycles. The van der Waals surface area contributed by atoms with E-state index >= 15 is 4.39 Å². The monoisotopic (exact) mass is 662 g/mol. The minimum Gasteiger partial charge on any atom is -0.384 e. The van der Waals surface area contributed by atoms with Crippen molar-refractivity contribution in [3.8, 4) is 0 Å². The number of hydrogen-bond acceptors (Lipinski definition) is 2. The van der Waals surface area contributed by atoms with Gasteiger partial charge in [-0.3, -0.25) is 0 Å². The van der Waals surface area contributed by atoms with Gasteiger partial charge in [-0.1, -0.05) is 152 Å². The lowest BCUT2D eigenvalue weighted by Crippen LogP contribution is -2.16. The van der Waals surface area contributed by atoms with E-state index < -0.39 is 5.83 Å². The van der Waals surface area contributed by atoms with Crippen molar-refractivity contribution < 1.29 is 4.39 Å². The predicted octanol–water partition coefficient (Wildman–Crippen LogP) is 14.4. The molecule has 0 amide bonds. The second kappa shape index (κ2) is 18.4. The van der Waals surface area contributed by atoms with E-state index in [1.165, 1.54) is 56.4 Å². The smallest absolute Gasteiger partial charge is 0.146 e. The van der Waals surface area contributed by atoms with Crippen LogP contribution in [0, 0.1) is 0 Å². The van der Waals surface area contributed by atoms with Gasteiger partial charge in [-0.25, -0.2) is 4.39 Å². The van der Waals surface area contributed by atoms with E-state index in [1.807, 2.05) is 69.0 Å². The third kappa shape index (κ3) is 7.74. The number of hydrogen-bond donors (Lipinski definition) is 1. The molecule has 1 aliphatic rings. The average molecular weight is 663 g/mol. The van der Waals surface area contributed by atoms with E-state index in [1.54, 1.807) is 6.08 Å². The normalized spacial score (nSPS) is 12.2. The molecule has 7 rings (SSSR count). The molecule has 3 heteroatoms. The number of nitrogens with zero attached hydrogens (tertiary/aromatic N) is 1. The van der Waals surface area contributed by atoms with Crippen LogP contribution in [0.4, 0.5) is 21.5 Å². The molecule has 0 atom stereocenters. The average Bonchev–Trinajstić information content (AvgIpc) is 3.67. The Bertz CT molecular complexity index is 2080. The van der Waals surface area contributed by atoms with Crippen LogP contribution in [0.15, 0.2) is 159 Å². The molecule has 0 unspecified atom stereocenters. The first-order chi connectivity index (χ1) is 24.6. The molecule has 1 N–H and O–H groups in total. The maximum Gasteiger partial charge on any atom is 0.146 e. The summed E-state index contributed by atoms with van der Waals surface area (Å²) in [4.78, 5) is 1.93. The molecule has 0 fully saturated rings. The molecule has 6 aromatic rings. The highest BCUT2D eigenvalue weighted by molar-refractivity contribution is 6.27. The zero-order valence-electron chi connectivity index (χ0n) is 30.4. The fraction of sp³-hybridized carbons (Fsp3) is 0.191. The van der Waals surface area contributed by atoms with E-state index in [0.29, 0.717) is 5.70 Å². The first-order valence-corrected chi connectivity index (χ1v) is 17.9. The molecule has 2 nitrogen and oxygen atoms in total. The summed E-state index contributed by atoms with van der Waals surface area (Å²) in [6.45, 7) is 22.8. The Labute approximate surface area is 299 Å². The maximum absolute atomic E-state index is 15.1. The summed E-state index contributed by atoms with van der Waals surface area (Å²) in [5.41, 5.74) is 7.39. The van der Waals surface area contributed by atoms with Crippen LogP contribution in [0.1, 0.15) is 58.6 Å². The maximum atomic E-state index is 15.1. The van der Waals surface area contributed by atoms with Crippen LogP contribution in [0.2, 0.25) is 0 Å². The van der Waals surface area contributed by atoms with Crippen molar-refractivity contribution in [3.05, 3.63) is 170 Å². The lowest BCUT2D eigenvalue weighted by molar-refractivity contribution is 0.656. The molecule has 6 aromatic carbocycles. The zero-order valence-corrected chi connectivity index (χ0v) is 30.4.